The smallest absolute Gasteiger partial charge is 0.190 e. The Balaban J connectivity index is 0.000000196. The molecule has 10 nitrogen and oxygen atoms in total. The Kier molecular flexibility index (Phi) is 8.38. The van der Waals surface area contributed by atoms with Crippen LogP contribution in [-0.4, -0.2) is 54.2 Å². The van der Waals surface area contributed by atoms with E-state index in [1.165, 1.54) is 7.11 Å². The molecule has 178 valence electrons. The average molecular weight is 473 g/mol. The molecule has 4 aromatic rings. The standard InChI is InChI=1S/C13H13N3O2.C12H11N3O2/c1-14-13-12(18-2)7-11(15-16-13)10-5-3-9(8-17)4-6-10;1-17-11-6-10(14-15-12(11)13)9-4-2-8(7-16)3-5-9/h3-8H,1-2H3,(H,14,16);2-7H,1H3,(H2,13,15). The quantitative estimate of drug-likeness (QED) is 0.383. The number of nitrogen functional groups attached to an aromatic ring is 1. The Hall–Kier alpha value is -4.86. The maximum atomic E-state index is 10.6. The number of aromatic nitrogens is 4. The van der Waals surface area contributed by atoms with Gasteiger partial charge >= 0.3 is 0 Å². The number of methoxy groups -OCH3 is 2. The van der Waals surface area contributed by atoms with Gasteiger partial charge in [-0.2, -0.15) is 0 Å². The molecule has 0 bridgehead atoms. The van der Waals surface area contributed by atoms with E-state index in [4.69, 9.17) is 15.2 Å². The van der Waals surface area contributed by atoms with Crippen LogP contribution in [0.15, 0.2) is 60.7 Å². The number of anilines is 2. The van der Waals surface area contributed by atoms with E-state index in [0.717, 1.165) is 23.7 Å². The summed E-state index contributed by atoms with van der Waals surface area (Å²) in [4.78, 5) is 21.1. The van der Waals surface area contributed by atoms with Crippen molar-refractivity contribution in [2.75, 3.05) is 32.3 Å². The number of rotatable bonds is 7. The van der Waals surface area contributed by atoms with Crippen LogP contribution >= 0.6 is 0 Å². The Labute approximate surface area is 202 Å². The fourth-order valence-corrected chi connectivity index (χ4v) is 3.00. The maximum Gasteiger partial charge on any atom is 0.190 e. The van der Waals surface area contributed by atoms with Crippen molar-refractivity contribution in [1.29, 1.82) is 0 Å². The van der Waals surface area contributed by atoms with Gasteiger partial charge in [0.05, 0.1) is 25.6 Å². The van der Waals surface area contributed by atoms with Gasteiger partial charge in [0.2, 0.25) is 0 Å². The Bertz CT molecular complexity index is 1290. The van der Waals surface area contributed by atoms with Crippen molar-refractivity contribution in [2.24, 2.45) is 0 Å². The number of ether oxygens (including phenoxy) is 2. The minimum absolute atomic E-state index is 0.251. The van der Waals surface area contributed by atoms with Gasteiger partial charge in [-0.3, -0.25) is 9.59 Å². The first-order valence-electron chi connectivity index (χ1n) is 10.4. The second kappa shape index (κ2) is 11.8. The van der Waals surface area contributed by atoms with Crippen molar-refractivity contribution in [3.05, 3.63) is 71.8 Å². The Morgan fingerprint density at radius 1 is 0.714 bits per heavy atom. The topological polar surface area (TPSA) is 142 Å². The highest BCUT2D eigenvalue weighted by Crippen LogP contribution is 2.26. The molecule has 0 atom stereocenters. The van der Waals surface area contributed by atoms with E-state index in [2.05, 4.69) is 25.7 Å². The molecule has 0 unspecified atom stereocenters. The summed E-state index contributed by atoms with van der Waals surface area (Å²) < 4.78 is 10.3. The molecule has 0 aliphatic carbocycles. The molecule has 0 saturated carbocycles. The van der Waals surface area contributed by atoms with Gasteiger partial charge in [0.15, 0.2) is 23.1 Å². The van der Waals surface area contributed by atoms with Crippen molar-refractivity contribution >= 4 is 24.2 Å². The molecule has 0 amide bonds. The van der Waals surface area contributed by atoms with E-state index in [1.54, 1.807) is 62.7 Å². The summed E-state index contributed by atoms with van der Waals surface area (Å²) >= 11 is 0. The van der Waals surface area contributed by atoms with Crippen molar-refractivity contribution in [3.8, 4) is 34.0 Å². The third-order valence-corrected chi connectivity index (χ3v) is 4.91. The van der Waals surface area contributed by atoms with Crippen LogP contribution < -0.4 is 20.5 Å². The van der Waals surface area contributed by atoms with Crippen molar-refractivity contribution in [2.45, 2.75) is 0 Å². The second-order valence-corrected chi connectivity index (χ2v) is 7.06. The number of nitrogens with two attached hydrogens (primary N) is 1. The van der Waals surface area contributed by atoms with E-state index in [0.29, 0.717) is 39.8 Å². The Morgan fingerprint density at radius 2 is 1.17 bits per heavy atom. The largest absolute Gasteiger partial charge is 0.493 e. The fraction of sp³-hybridized carbons (Fsp3) is 0.120. The number of nitrogens with one attached hydrogen (secondary N) is 1. The predicted molar refractivity (Wildman–Crippen MR) is 133 cm³/mol. The molecule has 0 radical (unpaired) electrons. The van der Waals surface area contributed by atoms with Gasteiger partial charge in [-0.1, -0.05) is 48.5 Å². The van der Waals surface area contributed by atoms with Crippen molar-refractivity contribution < 1.29 is 19.1 Å². The molecule has 2 aromatic carbocycles. The van der Waals surface area contributed by atoms with Gasteiger partial charge in [-0.15, -0.1) is 20.4 Å². The van der Waals surface area contributed by atoms with E-state index < -0.39 is 0 Å². The molecular formula is C25H24N6O4. The van der Waals surface area contributed by atoms with Crippen LogP contribution in [-0.2, 0) is 0 Å². The molecule has 0 fully saturated rings. The number of nitrogens with zero attached hydrogens (tertiary/aromatic N) is 4. The molecule has 0 aliphatic heterocycles. The number of aldehydes is 2. The highest BCUT2D eigenvalue weighted by molar-refractivity contribution is 5.77. The van der Waals surface area contributed by atoms with E-state index in [-0.39, 0.29) is 5.82 Å². The van der Waals surface area contributed by atoms with Crippen molar-refractivity contribution in [3.63, 3.8) is 0 Å². The molecule has 0 aliphatic rings. The number of carbonyl (C=O) groups is 2. The first-order chi connectivity index (χ1) is 17.0. The van der Waals surface area contributed by atoms with Gasteiger partial charge in [0, 0.05) is 41.4 Å². The molecule has 2 aromatic heterocycles. The highest BCUT2D eigenvalue weighted by Gasteiger charge is 2.08. The van der Waals surface area contributed by atoms with Gasteiger partial charge in [0.1, 0.15) is 12.6 Å². The van der Waals surface area contributed by atoms with Crippen molar-refractivity contribution in [1.82, 2.24) is 20.4 Å². The third-order valence-electron chi connectivity index (χ3n) is 4.91. The zero-order valence-electron chi connectivity index (χ0n) is 19.4. The number of carbonyl (C=O) groups excluding carboxylic acids is 2. The first-order valence-corrected chi connectivity index (χ1v) is 10.4. The molecule has 0 spiro atoms. The van der Waals surface area contributed by atoms with E-state index >= 15 is 0 Å². The molecule has 10 heteroatoms. The summed E-state index contributed by atoms with van der Waals surface area (Å²) in [5.74, 6) is 1.95. The maximum absolute atomic E-state index is 10.6. The summed E-state index contributed by atoms with van der Waals surface area (Å²) in [5.41, 5.74) is 9.90. The molecule has 35 heavy (non-hydrogen) atoms. The number of hydrogen-bond donors (Lipinski definition) is 2. The van der Waals surface area contributed by atoms with Gasteiger partial charge in [-0.25, -0.2) is 0 Å². The van der Waals surface area contributed by atoms with Gasteiger partial charge in [0.25, 0.3) is 0 Å². The summed E-state index contributed by atoms with van der Waals surface area (Å²) in [5, 5.41) is 18.8. The van der Waals surface area contributed by atoms with E-state index in [1.807, 2.05) is 12.1 Å². The minimum Gasteiger partial charge on any atom is -0.493 e. The lowest BCUT2D eigenvalue weighted by atomic mass is 10.1. The molecular weight excluding hydrogens is 448 g/mol. The highest BCUT2D eigenvalue weighted by atomic mass is 16.5. The monoisotopic (exact) mass is 472 g/mol. The average Bonchev–Trinajstić information content (AvgIpc) is 2.93. The summed E-state index contributed by atoms with van der Waals surface area (Å²) in [6.07, 6.45) is 1.60. The lowest BCUT2D eigenvalue weighted by Gasteiger charge is -2.08. The lowest BCUT2D eigenvalue weighted by molar-refractivity contribution is 0.111. The molecule has 4 rings (SSSR count). The third kappa shape index (κ3) is 6.14. The van der Waals surface area contributed by atoms with Crippen LogP contribution in [0.1, 0.15) is 20.7 Å². The molecule has 0 saturated heterocycles. The summed E-state index contributed by atoms with van der Waals surface area (Å²) in [6, 6.07) is 17.7. The van der Waals surface area contributed by atoms with E-state index in [9.17, 15) is 9.59 Å². The summed E-state index contributed by atoms with van der Waals surface area (Å²) in [6.45, 7) is 0. The zero-order valence-corrected chi connectivity index (χ0v) is 19.4. The van der Waals surface area contributed by atoms with Crippen LogP contribution in [0.4, 0.5) is 11.6 Å². The second-order valence-electron chi connectivity index (χ2n) is 7.06. The fourth-order valence-electron chi connectivity index (χ4n) is 3.00. The van der Waals surface area contributed by atoms with Crippen LogP contribution in [0.2, 0.25) is 0 Å². The predicted octanol–water partition coefficient (Wildman–Crippen LogP) is 3.55. The zero-order chi connectivity index (χ0) is 25.2. The number of hydrogen-bond acceptors (Lipinski definition) is 10. The summed E-state index contributed by atoms with van der Waals surface area (Å²) in [7, 11) is 4.86. The van der Waals surface area contributed by atoms with Gasteiger partial charge in [-0.05, 0) is 0 Å². The van der Waals surface area contributed by atoms with Crippen LogP contribution in [0.5, 0.6) is 11.5 Å². The molecule has 2 heterocycles. The SMILES string of the molecule is CNc1nnc(-c2ccc(C=O)cc2)cc1OC.COc1cc(-c2ccc(C=O)cc2)nnc1N. The normalized spacial score (nSPS) is 9.91. The van der Waals surface area contributed by atoms with Crippen LogP contribution in [0.25, 0.3) is 22.5 Å². The Morgan fingerprint density at radius 3 is 1.60 bits per heavy atom. The minimum atomic E-state index is 0.251. The lowest BCUT2D eigenvalue weighted by Crippen LogP contribution is -2.00. The molecule has 3 N–H and O–H groups in total. The van der Waals surface area contributed by atoms with Crippen LogP contribution in [0.3, 0.4) is 0 Å². The first kappa shape index (κ1) is 24.8. The van der Waals surface area contributed by atoms with Crippen LogP contribution in [0, 0.1) is 0 Å². The number of benzene rings is 2. The van der Waals surface area contributed by atoms with Gasteiger partial charge < -0.3 is 20.5 Å².